The number of hydrogen-bond donors (Lipinski definition) is 2. The van der Waals surface area contributed by atoms with Gasteiger partial charge in [-0.1, -0.05) is 26.8 Å². The first-order chi connectivity index (χ1) is 12.5. The molecule has 9 heteroatoms. The van der Waals surface area contributed by atoms with E-state index in [-0.39, 0.29) is 17.7 Å². The molecule has 2 N–H and O–H groups in total. The van der Waals surface area contributed by atoms with Crippen molar-refractivity contribution in [2.24, 2.45) is 16.2 Å². The summed E-state index contributed by atoms with van der Waals surface area (Å²) in [5, 5.41) is 10.8. The summed E-state index contributed by atoms with van der Waals surface area (Å²) in [6.45, 7) is 5.12. The number of ketones is 2. The number of amides is 2. The number of Topliss-reactive ketones (excluding diaryl/α,β-unsaturated/α-hetero) is 2. The third-order valence-electron chi connectivity index (χ3n) is 6.54. The first-order valence-corrected chi connectivity index (χ1v) is 8.43. The van der Waals surface area contributed by atoms with Crippen molar-refractivity contribution in [2.45, 2.75) is 33.6 Å². The molecule has 0 radical (unpaired) electrons. The molecule has 27 heavy (non-hydrogen) atoms. The quantitative estimate of drug-likeness (QED) is 0.355. The number of rotatable bonds is 3. The topological polar surface area (TPSA) is 135 Å². The van der Waals surface area contributed by atoms with Crippen LogP contribution in [0.15, 0.2) is 24.3 Å². The highest BCUT2D eigenvalue weighted by molar-refractivity contribution is 6.48. The first-order valence-electron chi connectivity index (χ1n) is 8.43. The van der Waals surface area contributed by atoms with E-state index in [1.165, 1.54) is 18.2 Å². The number of nitrogens with one attached hydrogen (secondary N) is 2. The Morgan fingerprint density at radius 1 is 1.07 bits per heavy atom. The molecular weight excluding hydrogens is 354 g/mol. The van der Waals surface area contributed by atoms with E-state index in [9.17, 15) is 29.3 Å². The maximum Gasteiger partial charge on any atom is 0.270 e. The van der Waals surface area contributed by atoms with Gasteiger partial charge in [-0.25, -0.2) is 0 Å². The lowest BCUT2D eigenvalue weighted by Gasteiger charge is -2.36. The number of nitro benzene ring substituents is 1. The lowest BCUT2D eigenvalue weighted by Crippen LogP contribution is -2.55. The fourth-order valence-corrected chi connectivity index (χ4v) is 4.33. The van der Waals surface area contributed by atoms with Gasteiger partial charge in [0, 0.05) is 23.1 Å². The van der Waals surface area contributed by atoms with E-state index in [1.807, 2.05) is 0 Å². The number of hydrazine groups is 1. The molecule has 0 aromatic heterocycles. The third-order valence-corrected chi connectivity index (χ3v) is 6.54. The number of benzene rings is 1. The van der Waals surface area contributed by atoms with Gasteiger partial charge in [-0.2, -0.15) is 0 Å². The molecule has 2 atom stereocenters. The lowest BCUT2D eigenvalue weighted by molar-refractivity contribution is -0.384. The summed E-state index contributed by atoms with van der Waals surface area (Å²) in [7, 11) is 0. The molecule has 142 valence electrons. The average Bonchev–Trinajstić information content (AvgIpc) is 2.91. The van der Waals surface area contributed by atoms with Gasteiger partial charge < -0.3 is 0 Å². The predicted octanol–water partition coefficient (Wildman–Crippen LogP) is 1.32. The van der Waals surface area contributed by atoms with Crippen molar-refractivity contribution >= 4 is 29.1 Å². The van der Waals surface area contributed by atoms with Crippen LogP contribution in [0.4, 0.5) is 5.69 Å². The van der Waals surface area contributed by atoms with Gasteiger partial charge in [0.2, 0.25) is 11.6 Å². The molecule has 0 heterocycles. The number of hydrogen-bond acceptors (Lipinski definition) is 6. The molecule has 2 saturated carbocycles. The van der Waals surface area contributed by atoms with Gasteiger partial charge in [0.15, 0.2) is 0 Å². The van der Waals surface area contributed by atoms with Gasteiger partial charge in [-0.05, 0) is 24.3 Å². The van der Waals surface area contributed by atoms with Crippen molar-refractivity contribution in [1.29, 1.82) is 0 Å². The second-order valence-electron chi connectivity index (χ2n) is 7.74. The third kappa shape index (κ3) is 2.23. The summed E-state index contributed by atoms with van der Waals surface area (Å²) in [4.78, 5) is 60.2. The smallest absolute Gasteiger partial charge is 0.270 e. The molecule has 2 aliphatic carbocycles. The number of fused-ring (bicyclic) bond motifs is 2. The minimum atomic E-state index is -1.53. The molecule has 2 bridgehead atoms. The molecular formula is C18H19N3O6. The van der Waals surface area contributed by atoms with Crippen LogP contribution in [0.25, 0.3) is 0 Å². The SMILES string of the molecule is CC12CCC(C(=O)NNC(=O)c3cccc([N+](=O)[O-])c3)(C(=O)C1=O)C2(C)C. The van der Waals surface area contributed by atoms with E-state index in [1.54, 1.807) is 20.8 Å². The predicted molar refractivity (Wildman–Crippen MR) is 92.3 cm³/mol. The summed E-state index contributed by atoms with van der Waals surface area (Å²) in [6, 6.07) is 5.01. The molecule has 0 saturated heterocycles. The highest BCUT2D eigenvalue weighted by atomic mass is 16.6. The molecule has 2 unspecified atom stereocenters. The van der Waals surface area contributed by atoms with E-state index in [0.29, 0.717) is 6.42 Å². The van der Waals surface area contributed by atoms with Crippen molar-refractivity contribution < 1.29 is 24.1 Å². The molecule has 9 nitrogen and oxygen atoms in total. The number of nitrogens with zero attached hydrogens (tertiary/aromatic N) is 1. The van der Waals surface area contributed by atoms with Crippen LogP contribution in [0.2, 0.25) is 0 Å². The Balaban J connectivity index is 1.79. The highest BCUT2D eigenvalue weighted by Crippen LogP contribution is 2.68. The number of carbonyl (C=O) groups excluding carboxylic acids is 4. The van der Waals surface area contributed by atoms with Crippen molar-refractivity contribution in [3.63, 3.8) is 0 Å². The number of nitro groups is 1. The number of carbonyl (C=O) groups is 4. The highest BCUT2D eigenvalue weighted by Gasteiger charge is 2.77. The van der Waals surface area contributed by atoms with Crippen LogP contribution in [0.3, 0.4) is 0 Å². The van der Waals surface area contributed by atoms with E-state index in [4.69, 9.17) is 0 Å². The molecule has 0 aliphatic heterocycles. The second-order valence-corrected chi connectivity index (χ2v) is 7.74. The van der Waals surface area contributed by atoms with E-state index in [2.05, 4.69) is 10.9 Å². The molecule has 2 amide bonds. The van der Waals surface area contributed by atoms with Crippen molar-refractivity contribution in [3.8, 4) is 0 Å². The fraction of sp³-hybridized carbons (Fsp3) is 0.444. The van der Waals surface area contributed by atoms with Gasteiger partial charge in [-0.15, -0.1) is 0 Å². The number of non-ortho nitro benzene ring substituents is 1. The van der Waals surface area contributed by atoms with Crippen molar-refractivity contribution in [3.05, 3.63) is 39.9 Å². The maximum absolute atomic E-state index is 12.8. The minimum Gasteiger partial charge on any atom is -0.290 e. The van der Waals surface area contributed by atoms with Crippen molar-refractivity contribution in [2.75, 3.05) is 0 Å². The molecule has 3 rings (SSSR count). The monoisotopic (exact) mass is 373 g/mol. The Morgan fingerprint density at radius 2 is 1.74 bits per heavy atom. The van der Waals surface area contributed by atoms with Gasteiger partial charge in [0.05, 0.1) is 4.92 Å². The van der Waals surface area contributed by atoms with Crippen LogP contribution in [0.1, 0.15) is 44.0 Å². The van der Waals surface area contributed by atoms with Crippen LogP contribution >= 0.6 is 0 Å². The zero-order valence-electron chi connectivity index (χ0n) is 15.1. The Hall–Kier alpha value is -3.10. The molecule has 1 aromatic rings. The van der Waals surface area contributed by atoms with Crippen LogP contribution < -0.4 is 10.9 Å². The minimum absolute atomic E-state index is 0.0219. The van der Waals surface area contributed by atoms with Gasteiger partial charge in [0.25, 0.3) is 17.5 Å². The van der Waals surface area contributed by atoms with E-state index < -0.39 is 44.5 Å². The summed E-state index contributed by atoms with van der Waals surface area (Å²) in [6.07, 6.45) is 0.635. The van der Waals surface area contributed by atoms with Crippen LogP contribution in [-0.4, -0.2) is 28.3 Å². The zero-order chi connectivity index (χ0) is 20.2. The molecule has 2 aliphatic rings. The Bertz CT molecular complexity index is 908. The second kappa shape index (κ2) is 5.70. The average molecular weight is 373 g/mol. The summed E-state index contributed by atoms with van der Waals surface area (Å²) < 4.78 is 0. The standard InChI is InChI=1S/C18H19N3O6/c1-16(2)17(3)7-8-18(16,13(23)12(17)22)15(25)20-19-14(24)10-5-4-6-11(9-10)21(26)27/h4-6,9H,7-8H2,1-3H3,(H,19,24)(H,20,25). The Morgan fingerprint density at radius 3 is 2.30 bits per heavy atom. The zero-order valence-corrected chi connectivity index (χ0v) is 15.1. The van der Waals surface area contributed by atoms with Crippen LogP contribution in [0.5, 0.6) is 0 Å². The van der Waals surface area contributed by atoms with Gasteiger partial charge in [-0.3, -0.25) is 40.1 Å². The van der Waals surface area contributed by atoms with E-state index >= 15 is 0 Å². The molecule has 0 spiro atoms. The molecule has 2 fully saturated rings. The Labute approximate surface area is 154 Å². The van der Waals surface area contributed by atoms with Gasteiger partial charge in [0.1, 0.15) is 5.41 Å². The largest absolute Gasteiger partial charge is 0.290 e. The summed E-state index contributed by atoms with van der Waals surface area (Å²) >= 11 is 0. The summed E-state index contributed by atoms with van der Waals surface area (Å²) in [5.74, 6) is -2.80. The Kier molecular flexibility index (Phi) is 3.94. The molecule has 1 aromatic carbocycles. The normalized spacial score (nSPS) is 28.1. The van der Waals surface area contributed by atoms with Crippen molar-refractivity contribution in [1.82, 2.24) is 10.9 Å². The maximum atomic E-state index is 12.8. The van der Waals surface area contributed by atoms with Crippen LogP contribution in [-0.2, 0) is 14.4 Å². The fourth-order valence-electron chi connectivity index (χ4n) is 4.33. The first kappa shape index (κ1) is 18.7. The van der Waals surface area contributed by atoms with Gasteiger partial charge >= 0.3 is 0 Å². The van der Waals surface area contributed by atoms with E-state index in [0.717, 1.165) is 6.07 Å². The summed E-state index contributed by atoms with van der Waals surface area (Å²) in [5.41, 5.74) is 0.786. The lowest BCUT2D eigenvalue weighted by atomic mass is 9.64. The van der Waals surface area contributed by atoms with Crippen LogP contribution in [0, 0.1) is 26.4 Å².